The lowest BCUT2D eigenvalue weighted by Crippen LogP contribution is -2.47. The van der Waals surface area contributed by atoms with Crippen LogP contribution in [0.15, 0.2) is 18.3 Å². The number of hydrogen-bond acceptors (Lipinski definition) is 4. The number of fused-ring (bicyclic) bond motifs is 1. The molecule has 0 unspecified atom stereocenters. The highest BCUT2D eigenvalue weighted by molar-refractivity contribution is 5.40. The van der Waals surface area contributed by atoms with Crippen LogP contribution in [0.4, 0.5) is 0 Å². The van der Waals surface area contributed by atoms with Crippen LogP contribution >= 0.6 is 0 Å². The summed E-state index contributed by atoms with van der Waals surface area (Å²) in [7, 11) is 0. The van der Waals surface area contributed by atoms with Crippen molar-refractivity contribution in [3.63, 3.8) is 0 Å². The van der Waals surface area contributed by atoms with Crippen molar-refractivity contribution >= 4 is 5.65 Å². The van der Waals surface area contributed by atoms with Gasteiger partial charge < -0.3 is 10.0 Å². The average molecular weight is 328 g/mol. The predicted molar refractivity (Wildman–Crippen MR) is 94.2 cm³/mol. The molecule has 1 saturated heterocycles. The Bertz CT molecular complexity index is 696. The zero-order chi connectivity index (χ0) is 16.6. The third kappa shape index (κ3) is 3.20. The second-order valence-electron chi connectivity index (χ2n) is 7.76. The van der Waals surface area contributed by atoms with Gasteiger partial charge in [-0.25, -0.2) is 9.50 Å². The highest BCUT2D eigenvalue weighted by atomic mass is 16.3. The van der Waals surface area contributed by atoms with E-state index >= 15 is 0 Å². The fraction of sp³-hybridized carbons (Fsp3) is 0.684. The first-order valence-electron chi connectivity index (χ1n) is 9.39. The van der Waals surface area contributed by atoms with E-state index in [-0.39, 0.29) is 0 Å². The molecule has 2 aliphatic rings. The Labute approximate surface area is 143 Å². The van der Waals surface area contributed by atoms with Crippen molar-refractivity contribution < 1.29 is 5.11 Å². The number of piperidine rings is 1. The van der Waals surface area contributed by atoms with Crippen LogP contribution in [0.1, 0.15) is 62.3 Å². The molecule has 2 aromatic rings. The zero-order valence-corrected chi connectivity index (χ0v) is 14.6. The summed E-state index contributed by atoms with van der Waals surface area (Å²) in [4.78, 5) is 6.88. The van der Waals surface area contributed by atoms with Crippen LogP contribution in [0.3, 0.4) is 0 Å². The molecule has 1 aliphatic carbocycles. The minimum absolute atomic E-state index is 0.436. The van der Waals surface area contributed by atoms with Crippen molar-refractivity contribution in [2.75, 3.05) is 19.6 Å². The molecule has 5 nitrogen and oxygen atoms in total. The summed E-state index contributed by atoms with van der Waals surface area (Å²) in [5.41, 5.74) is 2.81. The summed E-state index contributed by atoms with van der Waals surface area (Å²) in [6.07, 6.45) is 9.77. The lowest BCUT2D eigenvalue weighted by Gasteiger charge is -2.40. The molecule has 2 fully saturated rings. The van der Waals surface area contributed by atoms with E-state index in [9.17, 15) is 5.11 Å². The lowest BCUT2D eigenvalue weighted by atomic mass is 9.83. The molecule has 0 bridgehead atoms. The van der Waals surface area contributed by atoms with Crippen molar-refractivity contribution in [3.8, 4) is 0 Å². The van der Waals surface area contributed by atoms with Gasteiger partial charge in [-0.05, 0) is 51.8 Å². The summed E-state index contributed by atoms with van der Waals surface area (Å²) in [6.45, 7) is 5.01. The van der Waals surface area contributed by atoms with Gasteiger partial charge in [0.2, 0.25) is 0 Å². The number of rotatable bonds is 3. The van der Waals surface area contributed by atoms with Gasteiger partial charge >= 0.3 is 0 Å². The highest BCUT2D eigenvalue weighted by Crippen LogP contribution is 2.32. The third-order valence-corrected chi connectivity index (χ3v) is 5.82. The SMILES string of the molecule is Cc1cc2nccc(C3CCN(CC4(O)CCCCC4)CC3)n2n1. The quantitative estimate of drug-likeness (QED) is 0.941. The number of nitrogens with zero attached hydrogens (tertiary/aromatic N) is 4. The maximum absolute atomic E-state index is 10.8. The van der Waals surface area contributed by atoms with Gasteiger partial charge in [0.15, 0.2) is 5.65 Å². The second-order valence-corrected chi connectivity index (χ2v) is 7.76. The van der Waals surface area contributed by atoms with Crippen LogP contribution in [-0.2, 0) is 0 Å². The number of likely N-dealkylation sites (tertiary alicyclic amines) is 1. The standard InChI is InChI=1S/C19H28N4O/c1-15-13-18-20-10-5-17(23(18)21-15)16-6-11-22(12-7-16)14-19(24)8-3-2-4-9-19/h5,10,13,16,24H,2-4,6-9,11-12,14H2,1H3. The van der Waals surface area contributed by atoms with Crippen molar-refractivity contribution in [1.82, 2.24) is 19.5 Å². The molecule has 0 aromatic carbocycles. The molecule has 2 aromatic heterocycles. The largest absolute Gasteiger partial charge is 0.389 e. The first kappa shape index (κ1) is 16.0. The number of aromatic nitrogens is 3. The van der Waals surface area contributed by atoms with E-state index in [0.717, 1.165) is 56.7 Å². The van der Waals surface area contributed by atoms with E-state index in [4.69, 9.17) is 0 Å². The molecule has 130 valence electrons. The number of hydrogen-bond donors (Lipinski definition) is 1. The van der Waals surface area contributed by atoms with E-state index in [1.54, 1.807) is 0 Å². The van der Waals surface area contributed by atoms with Crippen molar-refractivity contribution in [2.24, 2.45) is 0 Å². The maximum Gasteiger partial charge on any atom is 0.155 e. The Balaban J connectivity index is 1.42. The Morgan fingerprint density at radius 3 is 2.71 bits per heavy atom. The summed E-state index contributed by atoms with van der Waals surface area (Å²) in [5, 5.41) is 15.4. The third-order valence-electron chi connectivity index (χ3n) is 5.82. The van der Waals surface area contributed by atoms with Gasteiger partial charge in [0.05, 0.1) is 11.3 Å². The normalized spacial score (nSPS) is 22.9. The summed E-state index contributed by atoms with van der Waals surface area (Å²) < 4.78 is 2.02. The van der Waals surface area contributed by atoms with Crippen LogP contribution in [0, 0.1) is 6.92 Å². The smallest absolute Gasteiger partial charge is 0.155 e. The molecule has 24 heavy (non-hydrogen) atoms. The molecule has 0 amide bonds. The van der Waals surface area contributed by atoms with E-state index in [1.165, 1.54) is 25.0 Å². The highest BCUT2D eigenvalue weighted by Gasteiger charge is 2.33. The van der Waals surface area contributed by atoms with Gasteiger partial charge in [0.1, 0.15) is 0 Å². The molecule has 1 N–H and O–H groups in total. The molecular formula is C19H28N4O. The van der Waals surface area contributed by atoms with Crippen LogP contribution in [-0.4, -0.2) is 49.8 Å². The number of β-amino-alcohol motifs (C(OH)–C–C–N with tert-alkyl or cyclic N) is 1. The van der Waals surface area contributed by atoms with Gasteiger partial charge in [-0.15, -0.1) is 0 Å². The average Bonchev–Trinajstić information content (AvgIpc) is 2.96. The van der Waals surface area contributed by atoms with Gasteiger partial charge in [-0.3, -0.25) is 0 Å². The Kier molecular flexibility index (Phi) is 4.31. The van der Waals surface area contributed by atoms with Crippen molar-refractivity contribution in [3.05, 3.63) is 29.7 Å². The number of aryl methyl sites for hydroxylation is 1. The monoisotopic (exact) mass is 328 g/mol. The molecule has 1 saturated carbocycles. The van der Waals surface area contributed by atoms with E-state index in [1.807, 2.05) is 23.7 Å². The molecule has 5 heteroatoms. The molecular weight excluding hydrogens is 300 g/mol. The molecule has 0 radical (unpaired) electrons. The minimum Gasteiger partial charge on any atom is -0.389 e. The predicted octanol–water partition coefficient (Wildman–Crippen LogP) is 2.91. The molecule has 0 spiro atoms. The van der Waals surface area contributed by atoms with Crippen molar-refractivity contribution in [2.45, 2.75) is 63.4 Å². The topological polar surface area (TPSA) is 53.7 Å². The Morgan fingerprint density at radius 1 is 1.21 bits per heavy atom. The first-order chi connectivity index (χ1) is 11.6. The second kappa shape index (κ2) is 6.45. The number of aliphatic hydroxyl groups is 1. The van der Waals surface area contributed by atoms with Crippen LogP contribution in [0.5, 0.6) is 0 Å². The summed E-state index contributed by atoms with van der Waals surface area (Å²) in [5.74, 6) is 0.534. The van der Waals surface area contributed by atoms with Crippen molar-refractivity contribution in [1.29, 1.82) is 0 Å². The minimum atomic E-state index is -0.436. The Morgan fingerprint density at radius 2 is 1.96 bits per heavy atom. The van der Waals surface area contributed by atoms with Gasteiger partial charge in [0, 0.05) is 30.4 Å². The summed E-state index contributed by atoms with van der Waals surface area (Å²) >= 11 is 0. The molecule has 1 aliphatic heterocycles. The molecule has 3 heterocycles. The Hall–Kier alpha value is -1.46. The van der Waals surface area contributed by atoms with E-state index < -0.39 is 5.60 Å². The van der Waals surface area contributed by atoms with Gasteiger partial charge in [-0.2, -0.15) is 5.10 Å². The molecule has 4 rings (SSSR count). The lowest BCUT2D eigenvalue weighted by molar-refractivity contribution is -0.0308. The van der Waals surface area contributed by atoms with Crippen LogP contribution in [0.25, 0.3) is 5.65 Å². The van der Waals surface area contributed by atoms with Gasteiger partial charge in [-0.1, -0.05) is 19.3 Å². The van der Waals surface area contributed by atoms with E-state index in [2.05, 4.69) is 21.0 Å². The van der Waals surface area contributed by atoms with E-state index in [0.29, 0.717) is 5.92 Å². The first-order valence-corrected chi connectivity index (χ1v) is 9.39. The molecule has 0 atom stereocenters. The summed E-state index contributed by atoms with van der Waals surface area (Å²) in [6, 6.07) is 4.16. The fourth-order valence-electron chi connectivity index (χ4n) is 4.51. The van der Waals surface area contributed by atoms with Crippen LogP contribution in [0.2, 0.25) is 0 Å². The zero-order valence-electron chi connectivity index (χ0n) is 14.6. The fourth-order valence-corrected chi connectivity index (χ4v) is 4.51. The van der Waals surface area contributed by atoms with Crippen LogP contribution < -0.4 is 0 Å². The maximum atomic E-state index is 10.8. The van der Waals surface area contributed by atoms with Gasteiger partial charge in [0.25, 0.3) is 0 Å².